The van der Waals surface area contributed by atoms with Gasteiger partial charge in [0.2, 0.25) is 5.95 Å². The number of nitrogens with one attached hydrogen (secondary N) is 2. The molecular weight excluding hydrogens is 404 g/mol. The first kappa shape index (κ1) is 19.2. The van der Waals surface area contributed by atoms with E-state index in [1.54, 1.807) is 41.8 Å². The van der Waals surface area contributed by atoms with Gasteiger partial charge in [-0.1, -0.05) is 29.8 Å². The van der Waals surface area contributed by atoms with Crippen LogP contribution in [0.1, 0.15) is 18.0 Å². The fourth-order valence-electron chi connectivity index (χ4n) is 2.43. The Labute approximate surface area is 170 Å². The molecule has 1 aromatic carbocycles. The number of hydrogen-bond donors (Lipinski definition) is 3. The number of carboxylic acid groups (broad SMARTS) is 1. The maximum absolute atomic E-state index is 11.2. The van der Waals surface area contributed by atoms with E-state index in [2.05, 4.69) is 20.6 Å². The van der Waals surface area contributed by atoms with E-state index in [-0.39, 0.29) is 11.5 Å². The zero-order valence-corrected chi connectivity index (χ0v) is 16.3. The number of carbonyl (C=O) groups is 1. The highest BCUT2D eigenvalue weighted by Gasteiger charge is 2.17. The molecule has 0 aliphatic carbocycles. The number of aromatic nitrogens is 2. The molecule has 0 aliphatic rings. The molecule has 0 saturated heterocycles. The fourth-order valence-corrected chi connectivity index (χ4v) is 3.55. The van der Waals surface area contributed by atoms with E-state index in [0.29, 0.717) is 11.0 Å². The summed E-state index contributed by atoms with van der Waals surface area (Å²) < 4.78 is 0. The Balaban J connectivity index is 1.73. The maximum atomic E-state index is 11.2. The molecule has 0 unspecified atom stereocenters. The minimum Gasteiger partial charge on any atom is -0.481 e. The number of aliphatic carboxylic acids is 1. The number of nitrogens with zero attached hydrogens (tertiary/aromatic N) is 2. The molecule has 0 spiro atoms. The zero-order valence-electron chi connectivity index (χ0n) is 13.9. The van der Waals surface area contributed by atoms with Crippen LogP contribution in [0, 0.1) is 0 Å². The maximum Gasteiger partial charge on any atom is 0.305 e. The molecule has 27 heavy (non-hydrogen) atoms. The summed E-state index contributed by atoms with van der Waals surface area (Å²) in [5.41, 5.74) is 1.50. The molecule has 0 bridgehead atoms. The van der Waals surface area contributed by atoms with Crippen LogP contribution in [0.5, 0.6) is 0 Å². The van der Waals surface area contributed by atoms with E-state index in [1.165, 1.54) is 0 Å². The van der Waals surface area contributed by atoms with Gasteiger partial charge in [0.05, 0.1) is 23.0 Å². The third-order valence-corrected chi connectivity index (χ3v) is 4.94. The minimum absolute atomic E-state index is 0.155. The van der Waals surface area contributed by atoms with Gasteiger partial charge in [-0.05, 0) is 47.4 Å². The zero-order chi connectivity index (χ0) is 19.2. The van der Waals surface area contributed by atoms with E-state index < -0.39 is 12.0 Å². The SMILES string of the molecule is O=C(O)C[C@@H](NC(=S)Nc1nccc(-c2cccs2)n1)c1cccc(Cl)c1. The summed E-state index contributed by atoms with van der Waals surface area (Å²) in [4.78, 5) is 20.8. The highest BCUT2D eigenvalue weighted by molar-refractivity contribution is 7.80. The van der Waals surface area contributed by atoms with E-state index >= 15 is 0 Å². The predicted molar refractivity (Wildman–Crippen MR) is 111 cm³/mol. The number of thiophene rings is 1. The smallest absolute Gasteiger partial charge is 0.305 e. The van der Waals surface area contributed by atoms with Gasteiger partial charge in [0.15, 0.2) is 5.11 Å². The van der Waals surface area contributed by atoms with Crippen molar-refractivity contribution in [1.29, 1.82) is 0 Å². The molecule has 1 atom stereocenters. The first-order valence-electron chi connectivity index (χ1n) is 7.93. The third kappa shape index (κ3) is 5.46. The highest BCUT2D eigenvalue weighted by atomic mass is 35.5. The number of anilines is 1. The van der Waals surface area contributed by atoms with Gasteiger partial charge in [-0.2, -0.15) is 0 Å². The lowest BCUT2D eigenvalue weighted by molar-refractivity contribution is -0.137. The molecule has 3 rings (SSSR count). The van der Waals surface area contributed by atoms with Crippen LogP contribution < -0.4 is 10.6 Å². The van der Waals surface area contributed by atoms with Crippen LogP contribution in [0.4, 0.5) is 5.95 Å². The van der Waals surface area contributed by atoms with Crippen LogP contribution in [0.2, 0.25) is 5.02 Å². The van der Waals surface area contributed by atoms with Crippen molar-refractivity contribution in [2.24, 2.45) is 0 Å². The largest absolute Gasteiger partial charge is 0.481 e. The van der Waals surface area contributed by atoms with Crippen molar-refractivity contribution in [3.63, 3.8) is 0 Å². The Kier molecular flexibility index (Phi) is 6.33. The number of thiocarbonyl (C=S) groups is 1. The van der Waals surface area contributed by atoms with Crippen LogP contribution in [-0.4, -0.2) is 26.2 Å². The topological polar surface area (TPSA) is 87.1 Å². The highest BCUT2D eigenvalue weighted by Crippen LogP contribution is 2.23. The number of rotatable bonds is 6. The summed E-state index contributed by atoms with van der Waals surface area (Å²) in [5, 5.41) is 17.8. The molecular formula is C18H15ClN4O2S2. The van der Waals surface area contributed by atoms with Crippen molar-refractivity contribution >= 4 is 52.2 Å². The van der Waals surface area contributed by atoms with Crippen LogP contribution in [0.25, 0.3) is 10.6 Å². The summed E-state index contributed by atoms with van der Waals surface area (Å²) in [6.45, 7) is 0. The Hall–Kier alpha value is -2.55. The summed E-state index contributed by atoms with van der Waals surface area (Å²) in [6, 6.07) is 12.2. The number of carboxylic acids is 1. The summed E-state index contributed by atoms with van der Waals surface area (Å²) in [6.07, 6.45) is 1.48. The number of halogens is 1. The second kappa shape index (κ2) is 8.90. The van der Waals surface area contributed by atoms with Gasteiger partial charge < -0.3 is 15.7 Å². The second-order valence-electron chi connectivity index (χ2n) is 5.55. The average molecular weight is 419 g/mol. The lowest BCUT2D eigenvalue weighted by atomic mass is 10.0. The van der Waals surface area contributed by atoms with Crippen molar-refractivity contribution in [3.05, 3.63) is 64.6 Å². The van der Waals surface area contributed by atoms with Gasteiger partial charge >= 0.3 is 5.97 Å². The lowest BCUT2D eigenvalue weighted by Crippen LogP contribution is -2.34. The second-order valence-corrected chi connectivity index (χ2v) is 7.34. The molecule has 2 aromatic heterocycles. The number of benzene rings is 1. The Morgan fingerprint density at radius 2 is 2.15 bits per heavy atom. The van der Waals surface area contributed by atoms with Gasteiger partial charge in [0.25, 0.3) is 0 Å². The van der Waals surface area contributed by atoms with Crippen LogP contribution in [-0.2, 0) is 4.79 Å². The average Bonchev–Trinajstić information content (AvgIpc) is 3.16. The molecule has 3 N–H and O–H groups in total. The molecule has 0 saturated carbocycles. The van der Waals surface area contributed by atoms with Gasteiger partial charge in [-0.3, -0.25) is 4.79 Å². The summed E-state index contributed by atoms with van der Waals surface area (Å²) in [7, 11) is 0. The van der Waals surface area contributed by atoms with Crippen molar-refractivity contribution in [1.82, 2.24) is 15.3 Å². The van der Waals surface area contributed by atoms with Crippen LogP contribution >= 0.6 is 35.2 Å². The molecule has 0 radical (unpaired) electrons. The molecule has 0 aliphatic heterocycles. The predicted octanol–water partition coefficient (Wildman–Crippen LogP) is 4.36. The first-order chi connectivity index (χ1) is 13.0. The summed E-state index contributed by atoms with van der Waals surface area (Å²) in [5.74, 6) is -0.621. The monoisotopic (exact) mass is 418 g/mol. The van der Waals surface area contributed by atoms with Gasteiger partial charge in [-0.15, -0.1) is 11.3 Å². The van der Waals surface area contributed by atoms with Crippen molar-refractivity contribution in [3.8, 4) is 10.6 Å². The molecule has 9 heteroatoms. The minimum atomic E-state index is -0.953. The molecule has 0 fully saturated rings. The molecule has 3 aromatic rings. The van der Waals surface area contributed by atoms with Crippen molar-refractivity contribution in [2.45, 2.75) is 12.5 Å². The Bertz CT molecular complexity index is 950. The van der Waals surface area contributed by atoms with Crippen LogP contribution in [0.3, 0.4) is 0 Å². The molecule has 0 amide bonds. The first-order valence-corrected chi connectivity index (χ1v) is 9.59. The van der Waals surface area contributed by atoms with E-state index in [1.807, 2.05) is 23.6 Å². The van der Waals surface area contributed by atoms with E-state index in [4.69, 9.17) is 23.8 Å². The van der Waals surface area contributed by atoms with Gasteiger partial charge in [0, 0.05) is 11.2 Å². The van der Waals surface area contributed by atoms with Gasteiger partial charge in [0.1, 0.15) is 0 Å². The normalized spacial score (nSPS) is 11.6. The lowest BCUT2D eigenvalue weighted by Gasteiger charge is -2.19. The van der Waals surface area contributed by atoms with E-state index in [9.17, 15) is 9.90 Å². The van der Waals surface area contributed by atoms with Crippen molar-refractivity contribution in [2.75, 3.05) is 5.32 Å². The third-order valence-electron chi connectivity index (χ3n) is 3.59. The summed E-state index contributed by atoms with van der Waals surface area (Å²) >= 11 is 12.9. The number of hydrogen-bond acceptors (Lipinski definition) is 5. The standard InChI is InChI=1S/C18H15ClN4O2S2/c19-12-4-1-3-11(9-12)14(10-16(24)25)22-18(26)23-17-20-7-6-13(21-17)15-5-2-8-27-15/h1-9,14H,10H2,(H,24,25)(H2,20,21,22,23,26)/t14-/m1/s1. The molecule has 2 heterocycles. The van der Waals surface area contributed by atoms with Gasteiger partial charge in [-0.25, -0.2) is 9.97 Å². The van der Waals surface area contributed by atoms with Crippen LogP contribution in [0.15, 0.2) is 54.0 Å². The van der Waals surface area contributed by atoms with Crippen molar-refractivity contribution < 1.29 is 9.90 Å². The fraction of sp³-hybridized carbons (Fsp3) is 0.111. The Morgan fingerprint density at radius 3 is 2.85 bits per heavy atom. The molecule has 6 nitrogen and oxygen atoms in total. The molecule has 138 valence electrons. The Morgan fingerprint density at radius 1 is 1.30 bits per heavy atom. The quantitative estimate of drug-likeness (QED) is 0.512. The van der Waals surface area contributed by atoms with E-state index in [0.717, 1.165) is 16.1 Å².